The van der Waals surface area contributed by atoms with Crippen molar-refractivity contribution in [3.05, 3.63) is 34.5 Å². The zero-order valence-electron chi connectivity index (χ0n) is 10.1. The Bertz CT molecular complexity index is 575. The number of aryl methyl sites for hydroxylation is 1. The van der Waals surface area contributed by atoms with Gasteiger partial charge in [-0.2, -0.15) is 5.10 Å². The Balaban J connectivity index is 2.11. The van der Waals surface area contributed by atoms with Crippen molar-refractivity contribution in [2.75, 3.05) is 12.8 Å². The minimum absolute atomic E-state index is 0.236. The number of aromatic nitrogens is 2. The number of halogens is 1. The van der Waals surface area contributed by atoms with Gasteiger partial charge in [-0.1, -0.05) is 0 Å². The molecule has 0 aliphatic rings. The van der Waals surface area contributed by atoms with E-state index >= 15 is 0 Å². The number of rotatable bonds is 3. The highest BCUT2D eigenvalue weighted by molar-refractivity contribution is 9.10. The summed E-state index contributed by atoms with van der Waals surface area (Å²) >= 11 is 3.21. The van der Waals surface area contributed by atoms with Crippen molar-refractivity contribution < 1.29 is 9.21 Å². The van der Waals surface area contributed by atoms with Gasteiger partial charge >= 0.3 is 0 Å². The fourth-order valence-electron chi connectivity index (χ4n) is 1.60. The van der Waals surface area contributed by atoms with E-state index in [4.69, 9.17) is 10.2 Å². The Morgan fingerprint density at radius 2 is 2.33 bits per heavy atom. The van der Waals surface area contributed by atoms with Crippen molar-refractivity contribution in [2.24, 2.45) is 7.05 Å². The van der Waals surface area contributed by atoms with Gasteiger partial charge in [-0.05, 0) is 28.1 Å². The molecule has 2 N–H and O–H groups in total. The molecule has 7 heteroatoms. The number of hydrogen-bond acceptors (Lipinski definition) is 4. The van der Waals surface area contributed by atoms with Gasteiger partial charge in [-0.15, -0.1) is 0 Å². The first-order valence-electron chi connectivity index (χ1n) is 5.26. The van der Waals surface area contributed by atoms with E-state index in [1.165, 1.54) is 9.58 Å². The highest BCUT2D eigenvalue weighted by Gasteiger charge is 2.19. The first kappa shape index (κ1) is 12.7. The van der Waals surface area contributed by atoms with Crippen LogP contribution in [-0.4, -0.2) is 27.6 Å². The molecule has 0 radical (unpaired) electrons. The predicted molar refractivity (Wildman–Crippen MR) is 69.8 cm³/mol. The molecule has 0 spiro atoms. The number of carbonyl (C=O) groups is 1. The Morgan fingerprint density at radius 3 is 2.83 bits per heavy atom. The van der Waals surface area contributed by atoms with Crippen molar-refractivity contribution in [1.29, 1.82) is 0 Å². The maximum atomic E-state index is 12.1. The van der Waals surface area contributed by atoms with Crippen LogP contribution >= 0.6 is 15.9 Å². The number of nitrogens with zero attached hydrogens (tertiary/aromatic N) is 3. The second-order valence-corrected chi connectivity index (χ2v) is 4.76. The summed E-state index contributed by atoms with van der Waals surface area (Å²) in [5.74, 6) is 0.452. The van der Waals surface area contributed by atoms with Crippen LogP contribution in [0.5, 0.6) is 0 Å². The van der Waals surface area contributed by atoms with E-state index in [1.807, 2.05) is 0 Å². The van der Waals surface area contributed by atoms with Gasteiger partial charge < -0.3 is 15.1 Å². The van der Waals surface area contributed by atoms with Crippen molar-refractivity contribution >= 4 is 27.5 Å². The maximum Gasteiger partial charge on any atom is 0.276 e. The molecule has 0 saturated heterocycles. The van der Waals surface area contributed by atoms with Gasteiger partial charge in [0.1, 0.15) is 5.76 Å². The quantitative estimate of drug-likeness (QED) is 0.934. The number of amides is 1. The Kier molecular flexibility index (Phi) is 3.42. The molecular weight excluding hydrogens is 300 g/mol. The van der Waals surface area contributed by atoms with Crippen molar-refractivity contribution in [2.45, 2.75) is 6.54 Å². The number of furan rings is 1. The Morgan fingerprint density at radius 1 is 1.61 bits per heavy atom. The zero-order valence-corrected chi connectivity index (χ0v) is 11.6. The molecule has 2 aromatic rings. The van der Waals surface area contributed by atoms with Crippen molar-refractivity contribution in [3.63, 3.8) is 0 Å². The molecule has 2 aromatic heterocycles. The van der Waals surface area contributed by atoms with E-state index in [9.17, 15) is 4.79 Å². The van der Waals surface area contributed by atoms with Crippen LogP contribution in [0.4, 0.5) is 5.69 Å². The summed E-state index contributed by atoms with van der Waals surface area (Å²) in [5, 5.41) is 4.04. The third-order valence-electron chi connectivity index (χ3n) is 2.43. The van der Waals surface area contributed by atoms with Gasteiger partial charge in [-0.25, -0.2) is 0 Å². The molecule has 0 saturated carbocycles. The van der Waals surface area contributed by atoms with Crippen LogP contribution < -0.4 is 5.73 Å². The zero-order chi connectivity index (χ0) is 13.3. The van der Waals surface area contributed by atoms with Crippen LogP contribution in [0.1, 0.15) is 16.2 Å². The summed E-state index contributed by atoms with van der Waals surface area (Å²) < 4.78 is 7.49. The molecule has 0 fully saturated rings. The fraction of sp³-hybridized carbons (Fsp3) is 0.273. The first-order valence-corrected chi connectivity index (χ1v) is 6.05. The molecule has 0 unspecified atom stereocenters. The number of carbonyl (C=O) groups excluding carboxylic acids is 1. The van der Waals surface area contributed by atoms with Crippen molar-refractivity contribution in [3.8, 4) is 0 Å². The molecular formula is C11H13BrN4O2. The smallest absolute Gasteiger partial charge is 0.276 e. The summed E-state index contributed by atoms with van der Waals surface area (Å²) in [6, 6.07) is 3.58. The summed E-state index contributed by atoms with van der Waals surface area (Å²) in [7, 11) is 3.39. The van der Waals surface area contributed by atoms with Crippen LogP contribution in [0.15, 0.2) is 27.4 Å². The van der Waals surface area contributed by atoms with Crippen LogP contribution in [0.25, 0.3) is 0 Å². The molecule has 6 nitrogen and oxygen atoms in total. The third-order valence-corrected chi connectivity index (χ3v) is 2.85. The molecule has 0 aromatic carbocycles. The Labute approximate surface area is 112 Å². The Hall–Kier alpha value is -1.76. The lowest BCUT2D eigenvalue weighted by atomic mass is 10.3. The van der Waals surface area contributed by atoms with Crippen LogP contribution in [0.3, 0.4) is 0 Å². The van der Waals surface area contributed by atoms with Crippen LogP contribution in [0, 0.1) is 0 Å². The molecule has 0 atom stereocenters. The number of nitrogen functional groups attached to an aromatic ring is 1. The lowest BCUT2D eigenvalue weighted by Crippen LogP contribution is -2.27. The minimum atomic E-state index is -0.236. The van der Waals surface area contributed by atoms with E-state index in [2.05, 4.69) is 21.0 Å². The van der Waals surface area contributed by atoms with E-state index < -0.39 is 0 Å². The summed E-state index contributed by atoms with van der Waals surface area (Å²) in [5.41, 5.74) is 6.34. The summed E-state index contributed by atoms with van der Waals surface area (Å²) in [6.07, 6.45) is 1.60. The monoisotopic (exact) mass is 312 g/mol. The van der Waals surface area contributed by atoms with Crippen LogP contribution in [0.2, 0.25) is 0 Å². The van der Waals surface area contributed by atoms with E-state index in [1.54, 1.807) is 32.4 Å². The van der Waals surface area contributed by atoms with Gasteiger partial charge in [0.15, 0.2) is 10.4 Å². The second kappa shape index (κ2) is 4.85. The highest BCUT2D eigenvalue weighted by Crippen LogP contribution is 2.17. The molecule has 0 aliphatic heterocycles. The molecule has 2 heterocycles. The average molecular weight is 313 g/mol. The van der Waals surface area contributed by atoms with E-state index in [-0.39, 0.29) is 11.6 Å². The SMILES string of the molecule is CN(Cc1ccc(Br)o1)C(=O)c1nn(C)cc1N. The average Bonchev–Trinajstić information content (AvgIpc) is 2.84. The predicted octanol–water partition coefficient (Wildman–Crippen LogP) is 1.63. The summed E-state index contributed by atoms with van der Waals surface area (Å²) in [6.45, 7) is 0.362. The molecule has 0 bridgehead atoms. The maximum absolute atomic E-state index is 12.1. The number of anilines is 1. The van der Waals surface area contributed by atoms with Crippen LogP contribution in [-0.2, 0) is 13.6 Å². The molecule has 1 amide bonds. The second-order valence-electron chi connectivity index (χ2n) is 3.97. The molecule has 2 rings (SSSR count). The largest absolute Gasteiger partial charge is 0.452 e. The van der Waals surface area contributed by atoms with Gasteiger partial charge in [0, 0.05) is 20.3 Å². The third kappa shape index (κ3) is 2.56. The summed E-state index contributed by atoms with van der Waals surface area (Å²) in [4.78, 5) is 13.6. The van der Waals surface area contributed by atoms with Crippen molar-refractivity contribution in [1.82, 2.24) is 14.7 Å². The topological polar surface area (TPSA) is 77.3 Å². The first-order chi connectivity index (χ1) is 8.47. The van der Waals surface area contributed by atoms with Gasteiger partial charge in [0.25, 0.3) is 5.91 Å². The number of nitrogens with two attached hydrogens (primary N) is 1. The molecule has 0 aliphatic carbocycles. The van der Waals surface area contributed by atoms with Gasteiger partial charge in [-0.3, -0.25) is 9.48 Å². The normalized spacial score (nSPS) is 10.6. The van der Waals surface area contributed by atoms with E-state index in [0.717, 1.165) is 0 Å². The van der Waals surface area contributed by atoms with E-state index in [0.29, 0.717) is 22.7 Å². The highest BCUT2D eigenvalue weighted by atomic mass is 79.9. The lowest BCUT2D eigenvalue weighted by molar-refractivity contribution is 0.0769. The standard InChI is InChI=1S/C11H13BrN4O2/c1-15(5-7-3-4-9(12)18-7)11(17)10-8(13)6-16(2)14-10/h3-4,6H,5,13H2,1-2H3. The number of hydrogen-bond donors (Lipinski definition) is 1. The van der Waals surface area contributed by atoms with Gasteiger partial charge in [0.05, 0.1) is 12.2 Å². The fourth-order valence-corrected chi connectivity index (χ4v) is 1.94. The molecule has 96 valence electrons. The van der Waals surface area contributed by atoms with Gasteiger partial charge in [0.2, 0.25) is 0 Å². The molecule has 18 heavy (non-hydrogen) atoms. The minimum Gasteiger partial charge on any atom is -0.452 e. The lowest BCUT2D eigenvalue weighted by Gasteiger charge is -2.14.